The average molecular weight is 301 g/mol. The third kappa shape index (κ3) is 4.29. The zero-order chi connectivity index (χ0) is 15.2. The van der Waals surface area contributed by atoms with Gasteiger partial charge in [-0.25, -0.2) is 4.79 Å². The van der Waals surface area contributed by atoms with Gasteiger partial charge in [-0.15, -0.1) is 11.3 Å². The molecule has 0 radical (unpaired) electrons. The smallest absolute Gasteiger partial charge is 0.331 e. The molecule has 0 aliphatic rings. The molecule has 1 atom stereocenters. The Morgan fingerprint density at radius 1 is 1.19 bits per heavy atom. The Morgan fingerprint density at radius 3 is 2.57 bits per heavy atom. The van der Waals surface area contributed by atoms with Crippen LogP contribution < -0.4 is 5.73 Å². The Hall–Kier alpha value is -2.40. The van der Waals surface area contributed by atoms with Gasteiger partial charge in [0, 0.05) is 15.8 Å². The molecule has 1 aromatic heterocycles. The van der Waals surface area contributed by atoms with Crippen molar-refractivity contribution in [3.05, 3.63) is 53.4 Å². The molecular weight excluding hydrogens is 286 g/mol. The quantitative estimate of drug-likeness (QED) is 0.682. The first-order valence-electron chi connectivity index (χ1n) is 6.39. The Labute approximate surface area is 126 Å². The molecule has 5 heteroatoms. The van der Waals surface area contributed by atoms with Crippen molar-refractivity contribution in [3.8, 4) is 10.4 Å². The lowest BCUT2D eigenvalue weighted by Gasteiger charge is -2.06. The summed E-state index contributed by atoms with van der Waals surface area (Å²) in [6.07, 6.45) is 2.03. The summed E-state index contributed by atoms with van der Waals surface area (Å²) in [7, 11) is 0. The molecule has 0 unspecified atom stereocenters. The highest BCUT2D eigenvalue weighted by Gasteiger charge is 2.12. The lowest BCUT2D eigenvalue weighted by molar-refractivity contribution is -0.148. The van der Waals surface area contributed by atoms with Gasteiger partial charge in [-0.05, 0) is 30.7 Å². The van der Waals surface area contributed by atoms with E-state index in [4.69, 9.17) is 10.5 Å². The van der Waals surface area contributed by atoms with Crippen LogP contribution in [0.15, 0.2) is 48.5 Å². The summed E-state index contributed by atoms with van der Waals surface area (Å²) in [5.74, 6) is -1.25. The molecule has 2 N–H and O–H groups in total. The van der Waals surface area contributed by atoms with Gasteiger partial charge in [0.05, 0.1) is 0 Å². The SMILES string of the molecule is C[C@H](OC(=O)/C=C/c1ccc(-c2ccccc2)s1)C(N)=O. The Morgan fingerprint density at radius 2 is 1.90 bits per heavy atom. The number of thiophene rings is 1. The van der Waals surface area contributed by atoms with Crippen LogP contribution in [0.1, 0.15) is 11.8 Å². The summed E-state index contributed by atoms with van der Waals surface area (Å²) in [4.78, 5) is 24.3. The van der Waals surface area contributed by atoms with E-state index in [-0.39, 0.29) is 0 Å². The maximum atomic E-state index is 11.5. The average Bonchev–Trinajstić information content (AvgIpc) is 2.95. The molecule has 0 spiro atoms. The highest BCUT2D eigenvalue weighted by Crippen LogP contribution is 2.28. The number of rotatable bonds is 5. The second-order valence-corrected chi connectivity index (χ2v) is 5.50. The van der Waals surface area contributed by atoms with Crippen molar-refractivity contribution < 1.29 is 14.3 Å². The summed E-state index contributed by atoms with van der Waals surface area (Å²) in [6, 6.07) is 13.9. The summed E-state index contributed by atoms with van der Waals surface area (Å²) in [6.45, 7) is 1.44. The molecule has 4 nitrogen and oxygen atoms in total. The van der Waals surface area contributed by atoms with Gasteiger partial charge in [-0.3, -0.25) is 4.79 Å². The largest absolute Gasteiger partial charge is 0.449 e. The number of benzene rings is 1. The number of hydrogen-bond donors (Lipinski definition) is 1. The molecular formula is C16H15NO3S. The summed E-state index contributed by atoms with van der Waals surface area (Å²) in [5, 5.41) is 0. The van der Waals surface area contributed by atoms with Gasteiger partial charge in [-0.2, -0.15) is 0 Å². The molecule has 2 aromatic rings. The minimum atomic E-state index is -0.926. The Balaban J connectivity index is 2.01. The predicted octanol–water partition coefficient (Wildman–Crippen LogP) is 2.85. The highest BCUT2D eigenvalue weighted by molar-refractivity contribution is 7.16. The van der Waals surface area contributed by atoms with Crippen molar-refractivity contribution in [1.29, 1.82) is 0 Å². The van der Waals surface area contributed by atoms with Gasteiger partial charge in [0.2, 0.25) is 0 Å². The number of primary amides is 1. The molecule has 0 bridgehead atoms. The molecule has 0 fully saturated rings. The van der Waals surface area contributed by atoms with Crippen LogP contribution in [0.3, 0.4) is 0 Å². The van der Waals surface area contributed by atoms with E-state index < -0.39 is 18.0 Å². The Bertz CT molecular complexity index is 661. The van der Waals surface area contributed by atoms with Crippen molar-refractivity contribution in [3.63, 3.8) is 0 Å². The van der Waals surface area contributed by atoms with Gasteiger partial charge in [0.25, 0.3) is 5.91 Å². The topological polar surface area (TPSA) is 69.4 Å². The fraction of sp³-hybridized carbons (Fsp3) is 0.125. The third-order valence-electron chi connectivity index (χ3n) is 2.76. The minimum Gasteiger partial charge on any atom is -0.449 e. The molecule has 1 heterocycles. The highest BCUT2D eigenvalue weighted by atomic mass is 32.1. The van der Waals surface area contributed by atoms with E-state index in [2.05, 4.69) is 0 Å². The van der Waals surface area contributed by atoms with E-state index in [1.165, 1.54) is 13.0 Å². The van der Waals surface area contributed by atoms with Crippen molar-refractivity contribution in [2.45, 2.75) is 13.0 Å². The van der Waals surface area contributed by atoms with Crippen LogP contribution in [0, 0.1) is 0 Å². The van der Waals surface area contributed by atoms with Crippen LogP contribution in [0.25, 0.3) is 16.5 Å². The number of carbonyl (C=O) groups is 2. The van der Waals surface area contributed by atoms with Crippen LogP contribution in [-0.4, -0.2) is 18.0 Å². The first-order chi connectivity index (χ1) is 10.1. The van der Waals surface area contributed by atoms with E-state index in [1.54, 1.807) is 17.4 Å². The van der Waals surface area contributed by atoms with E-state index >= 15 is 0 Å². The molecule has 0 saturated carbocycles. The fourth-order valence-corrected chi connectivity index (χ4v) is 2.54. The van der Waals surface area contributed by atoms with E-state index in [0.717, 1.165) is 15.3 Å². The lowest BCUT2D eigenvalue weighted by Crippen LogP contribution is -2.29. The number of amides is 1. The van der Waals surface area contributed by atoms with Crippen molar-refractivity contribution >= 4 is 29.3 Å². The monoisotopic (exact) mass is 301 g/mol. The molecule has 0 saturated heterocycles. The minimum absolute atomic E-state index is 0.587. The molecule has 21 heavy (non-hydrogen) atoms. The molecule has 0 aliphatic heterocycles. The lowest BCUT2D eigenvalue weighted by atomic mass is 10.2. The zero-order valence-electron chi connectivity index (χ0n) is 11.5. The van der Waals surface area contributed by atoms with Gasteiger partial charge in [-0.1, -0.05) is 30.3 Å². The van der Waals surface area contributed by atoms with Crippen LogP contribution in [0.2, 0.25) is 0 Å². The zero-order valence-corrected chi connectivity index (χ0v) is 12.3. The van der Waals surface area contributed by atoms with Crippen LogP contribution in [0.5, 0.6) is 0 Å². The first-order valence-corrected chi connectivity index (χ1v) is 7.21. The van der Waals surface area contributed by atoms with E-state index in [1.807, 2.05) is 42.5 Å². The number of carbonyl (C=O) groups excluding carboxylic acids is 2. The maximum absolute atomic E-state index is 11.5. The van der Waals surface area contributed by atoms with Crippen LogP contribution >= 0.6 is 11.3 Å². The number of ether oxygens (including phenoxy) is 1. The number of hydrogen-bond acceptors (Lipinski definition) is 4. The predicted molar refractivity (Wildman–Crippen MR) is 83.5 cm³/mol. The van der Waals surface area contributed by atoms with Gasteiger partial charge in [0.15, 0.2) is 6.10 Å². The van der Waals surface area contributed by atoms with Crippen molar-refractivity contribution in [1.82, 2.24) is 0 Å². The van der Waals surface area contributed by atoms with Crippen molar-refractivity contribution in [2.24, 2.45) is 5.73 Å². The van der Waals surface area contributed by atoms with Crippen LogP contribution in [-0.2, 0) is 14.3 Å². The Kier molecular flexibility index (Phi) is 4.90. The van der Waals surface area contributed by atoms with E-state index in [0.29, 0.717) is 0 Å². The summed E-state index contributed by atoms with van der Waals surface area (Å²) < 4.78 is 4.83. The molecule has 1 amide bonds. The van der Waals surface area contributed by atoms with Gasteiger partial charge in [0.1, 0.15) is 0 Å². The molecule has 1 aromatic carbocycles. The second-order valence-electron chi connectivity index (χ2n) is 4.38. The van der Waals surface area contributed by atoms with Crippen molar-refractivity contribution in [2.75, 3.05) is 0 Å². The summed E-state index contributed by atoms with van der Waals surface area (Å²) in [5.41, 5.74) is 6.15. The van der Waals surface area contributed by atoms with E-state index in [9.17, 15) is 9.59 Å². The number of esters is 1. The normalized spacial score (nSPS) is 12.2. The van der Waals surface area contributed by atoms with Gasteiger partial charge < -0.3 is 10.5 Å². The first kappa shape index (κ1) is 15.0. The third-order valence-corrected chi connectivity index (χ3v) is 3.86. The number of nitrogens with two attached hydrogens (primary N) is 1. The second kappa shape index (κ2) is 6.85. The van der Waals surface area contributed by atoms with Crippen LogP contribution in [0.4, 0.5) is 0 Å². The molecule has 108 valence electrons. The maximum Gasteiger partial charge on any atom is 0.331 e. The fourth-order valence-electron chi connectivity index (χ4n) is 1.62. The molecule has 2 rings (SSSR count). The molecule has 0 aliphatic carbocycles. The van der Waals surface area contributed by atoms with Gasteiger partial charge >= 0.3 is 5.97 Å². The standard InChI is InChI=1S/C16H15NO3S/c1-11(16(17)19)20-15(18)10-8-13-7-9-14(21-13)12-5-3-2-4-6-12/h2-11H,1H3,(H2,17,19)/b10-8+/t11-/m0/s1. The summed E-state index contributed by atoms with van der Waals surface area (Å²) >= 11 is 1.57.